The molecule has 0 amide bonds. The van der Waals surface area contributed by atoms with Crippen LogP contribution in [0.3, 0.4) is 0 Å². The number of ketones is 2. The van der Waals surface area contributed by atoms with Crippen molar-refractivity contribution in [2.45, 2.75) is 19.8 Å². The molecule has 0 atom stereocenters. The van der Waals surface area contributed by atoms with Crippen molar-refractivity contribution in [1.29, 1.82) is 0 Å². The minimum atomic E-state index is -0.408. The Hall–Kier alpha value is -4.33. The highest BCUT2D eigenvalue weighted by Gasteiger charge is 2.16. The van der Waals surface area contributed by atoms with Crippen molar-refractivity contribution in [3.05, 3.63) is 77.5 Å². The molecular formula is C25H23N3O5. The molecule has 3 rings (SSSR count). The maximum absolute atomic E-state index is 12.3. The third-order valence-electron chi connectivity index (χ3n) is 4.61. The smallest absolute Gasteiger partial charge is 0.312 e. The fourth-order valence-corrected chi connectivity index (χ4v) is 3.05. The molecule has 0 fully saturated rings. The van der Waals surface area contributed by atoms with Crippen molar-refractivity contribution < 1.29 is 24.2 Å². The number of rotatable bonds is 10. The van der Waals surface area contributed by atoms with Crippen LogP contribution in [0.25, 0.3) is 23.4 Å². The highest BCUT2D eigenvalue weighted by atomic mass is 16.5. The molecule has 0 aliphatic rings. The standard InChI is InChI=1S/C25H23N3O5/c1-2-33-24(32)16-23-25(27-28-26-23)22-6-4-3-5-18(22)10-14-21(31)15-20(30)13-9-17-7-11-19(29)12-8-17/h3-14,29H,2,15-16H2,1H3,(H,26,27,28). The van der Waals surface area contributed by atoms with Crippen molar-refractivity contribution in [1.82, 2.24) is 15.4 Å². The minimum absolute atomic E-state index is 0.0292. The zero-order valence-electron chi connectivity index (χ0n) is 18.0. The third kappa shape index (κ3) is 6.83. The minimum Gasteiger partial charge on any atom is -0.508 e. The van der Waals surface area contributed by atoms with Crippen LogP contribution in [0.2, 0.25) is 0 Å². The van der Waals surface area contributed by atoms with Crippen LogP contribution in [0.1, 0.15) is 30.2 Å². The number of carbonyl (C=O) groups is 3. The van der Waals surface area contributed by atoms with E-state index in [0.717, 1.165) is 5.56 Å². The summed E-state index contributed by atoms with van der Waals surface area (Å²) >= 11 is 0. The molecule has 0 aliphatic heterocycles. The fourth-order valence-electron chi connectivity index (χ4n) is 3.05. The zero-order chi connectivity index (χ0) is 23.6. The monoisotopic (exact) mass is 445 g/mol. The second-order valence-electron chi connectivity index (χ2n) is 7.06. The van der Waals surface area contributed by atoms with Gasteiger partial charge in [0.15, 0.2) is 11.6 Å². The quantitative estimate of drug-likeness (QED) is 0.278. The van der Waals surface area contributed by atoms with E-state index < -0.39 is 5.97 Å². The van der Waals surface area contributed by atoms with Gasteiger partial charge in [0.2, 0.25) is 0 Å². The Balaban J connectivity index is 1.68. The molecule has 1 heterocycles. The van der Waals surface area contributed by atoms with Gasteiger partial charge in [0.05, 0.1) is 19.4 Å². The van der Waals surface area contributed by atoms with Gasteiger partial charge >= 0.3 is 5.97 Å². The van der Waals surface area contributed by atoms with E-state index >= 15 is 0 Å². The number of ether oxygens (including phenoxy) is 1. The number of nitrogens with zero attached hydrogens (tertiary/aromatic N) is 2. The lowest BCUT2D eigenvalue weighted by atomic mass is 10.0. The van der Waals surface area contributed by atoms with Crippen LogP contribution in [0.4, 0.5) is 0 Å². The molecule has 168 valence electrons. The summed E-state index contributed by atoms with van der Waals surface area (Å²) in [5.41, 5.74) is 3.05. The van der Waals surface area contributed by atoms with E-state index in [2.05, 4.69) is 15.4 Å². The summed E-state index contributed by atoms with van der Waals surface area (Å²) in [5.74, 6) is -0.955. The topological polar surface area (TPSA) is 122 Å². The summed E-state index contributed by atoms with van der Waals surface area (Å²) < 4.78 is 4.98. The van der Waals surface area contributed by atoms with Crippen LogP contribution < -0.4 is 0 Å². The van der Waals surface area contributed by atoms with Gasteiger partial charge in [-0.05, 0) is 42.3 Å². The largest absolute Gasteiger partial charge is 0.508 e. The molecule has 2 N–H and O–H groups in total. The average molecular weight is 445 g/mol. The van der Waals surface area contributed by atoms with Crippen LogP contribution >= 0.6 is 0 Å². The molecule has 0 unspecified atom stereocenters. The predicted octanol–water partition coefficient (Wildman–Crippen LogP) is 3.54. The molecule has 0 spiro atoms. The van der Waals surface area contributed by atoms with Gasteiger partial charge < -0.3 is 9.84 Å². The lowest BCUT2D eigenvalue weighted by Gasteiger charge is -2.05. The van der Waals surface area contributed by atoms with Gasteiger partial charge in [-0.2, -0.15) is 15.4 Å². The number of nitrogens with one attached hydrogen (secondary N) is 1. The molecule has 0 saturated heterocycles. The highest BCUT2D eigenvalue weighted by molar-refractivity contribution is 6.11. The van der Waals surface area contributed by atoms with Crippen LogP contribution in [0, 0.1) is 0 Å². The Kier molecular flexibility index (Phi) is 8.02. The number of H-pyrrole nitrogens is 1. The molecular weight excluding hydrogens is 422 g/mol. The van der Waals surface area contributed by atoms with E-state index in [1.165, 1.54) is 24.3 Å². The number of phenolic OH excluding ortho intramolecular Hbond substituents is 1. The number of aromatic amines is 1. The van der Waals surface area contributed by atoms with Crippen molar-refractivity contribution in [3.8, 4) is 17.0 Å². The van der Waals surface area contributed by atoms with Crippen LogP contribution in [0.15, 0.2) is 60.7 Å². The van der Waals surface area contributed by atoms with E-state index in [-0.39, 0.29) is 36.8 Å². The van der Waals surface area contributed by atoms with Gasteiger partial charge in [-0.1, -0.05) is 48.6 Å². The number of carbonyl (C=O) groups excluding carboxylic acids is 3. The summed E-state index contributed by atoms with van der Waals surface area (Å²) in [4.78, 5) is 36.2. The predicted molar refractivity (Wildman–Crippen MR) is 123 cm³/mol. The molecule has 0 aliphatic carbocycles. The Morgan fingerprint density at radius 2 is 1.67 bits per heavy atom. The van der Waals surface area contributed by atoms with Gasteiger partial charge in [-0.15, -0.1) is 0 Å². The number of benzene rings is 2. The number of esters is 1. The molecule has 2 aromatic carbocycles. The van der Waals surface area contributed by atoms with Crippen molar-refractivity contribution >= 4 is 29.7 Å². The Morgan fingerprint density at radius 3 is 2.39 bits per heavy atom. The summed E-state index contributed by atoms with van der Waals surface area (Å²) in [6, 6.07) is 13.6. The SMILES string of the molecule is CCOC(=O)Cc1n[nH]nc1-c1ccccc1C=CC(=O)CC(=O)C=Cc1ccc(O)cc1. The van der Waals surface area contributed by atoms with Crippen LogP contribution in [-0.2, 0) is 25.5 Å². The zero-order valence-corrected chi connectivity index (χ0v) is 18.0. The number of hydrogen-bond acceptors (Lipinski definition) is 7. The molecule has 3 aromatic rings. The van der Waals surface area contributed by atoms with Crippen molar-refractivity contribution in [3.63, 3.8) is 0 Å². The first kappa shape index (κ1) is 23.3. The molecule has 0 radical (unpaired) electrons. The van der Waals surface area contributed by atoms with E-state index in [9.17, 15) is 19.5 Å². The number of aromatic nitrogens is 3. The maximum atomic E-state index is 12.3. The van der Waals surface area contributed by atoms with Crippen LogP contribution in [-0.4, -0.2) is 44.7 Å². The number of hydrogen-bond donors (Lipinski definition) is 2. The first-order valence-corrected chi connectivity index (χ1v) is 10.3. The normalized spacial score (nSPS) is 11.2. The summed E-state index contributed by atoms with van der Waals surface area (Å²) in [5, 5.41) is 20.0. The van der Waals surface area contributed by atoms with Gasteiger partial charge in [0, 0.05) is 5.56 Å². The van der Waals surface area contributed by atoms with Gasteiger partial charge in [0.25, 0.3) is 0 Å². The molecule has 8 nitrogen and oxygen atoms in total. The first-order chi connectivity index (χ1) is 16.0. The van der Waals surface area contributed by atoms with E-state index in [1.807, 2.05) is 18.2 Å². The van der Waals surface area contributed by atoms with Crippen molar-refractivity contribution in [2.24, 2.45) is 0 Å². The lowest BCUT2D eigenvalue weighted by Crippen LogP contribution is -2.08. The summed E-state index contributed by atoms with van der Waals surface area (Å²) in [6.07, 6.45) is 5.57. The second kappa shape index (κ2) is 11.3. The van der Waals surface area contributed by atoms with Gasteiger partial charge in [-0.3, -0.25) is 14.4 Å². The second-order valence-corrected chi connectivity index (χ2v) is 7.06. The highest BCUT2D eigenvalue weighted by Crippen LogP contribution is 2.25. The molecule has 0 bridgehead atoms. The molecule has 33 heavy (non-hydrogen) atoms. The number of aromatic hydroxyl groups is 1. The van der Waals surface area contributed by atoms with Gasteiger partial charge in [0.1, 0.15) is 17.1 Å². The Bertz CT molecular complexity index is 1190. The fraction of sp³-hybridized carbons (Fsp3) is 0.160. The van der Waals surface area contributed by atoms with E-state index in [4.69, 9.17) is 4.74 Å². The van der Waals surface area contributed by atoms with Gasteiger partial charge in [-0.25, -0.2) is 0 Å². The van der Waals surface area contributed by atoms with E-state index in [0.29, 0.717) is 22.5 Å². The number of phenols is 1. The summed E-state index contributed by atoms with van der Waals surface area (Å²) in [6.45, 7) is 2.00. The Morgan fingerprint density at radius 1 is 0.970 bits per heavy atom. The van der Waals surface area contributed by atoms with E-state index in [1.54, 1.807) is 37.3 Å². The Labute approximate surface area is 190 Å². The third-order valence-corrected chi connectivity index (χ3v) is 4.61. The molecule has 0 saturated carbocycles. The maximum Gasteiger partial charge on any atom is 0.312 e. The first-order valence-electron chi connectivity index (χ1n) is 10.3. The lowest BCUT2D eigenvalue weighted by molar-refractivity contribution is -0.142. The van der Waals surface area contributed by atoms with Crippen LogP contribution in [0.5, 0.6) is 5.75 Å². The number of allylic oxidation sites excluding steroid dienone is 2. The molecule has 1 aromatic heterocycles. The summed E-state index contributed by atoms with van der Waals surface area (Å²) in [7, 11) is 0. The average Bonchev–Trinajstić information content (AvgIpc) is 3.25. The van der Waals surface area contributed by atoms with Crippen molar-refractivity contribution in [2.75, 3.05) is 6.61 Å². The molecule has 8 heteroatoms.